The number of halogens is 5. The van der Waals surface area contributed by atoms with Crippen LogP contribution in [0.25, 0.3) is 27.2 Å². The van der Waals surface area contributed by atoms with Crippen molar-refractivity contribution < 1.29 is 36.8 Å². The van der Waals surface area contributed by atoms with Crippen LogP contribution in [0.2, 0.25) is 0 Å². The Bertz CT molecular complexity index is 1090. The normalized spacial score (nSPS) is 12.7. The number of H-pyrrole nitrogens is 1. The number of alkyl halides is 3. The van der Waals surface area contributed by atoms with E-state index in [0.29, 0.717) is 12.1 Å². The molecule has 0 unspecified atom stereocenters. The third-order valence-electron chi connectivity index (χ3n) is 3.88. The number of benzene rings is 2. The van der Waals surface area contributed by atoms with Crippen molar-refractivity contribution in [2.45, 2.75) is 6.18 Å². The molecule has 3 aromatic rings. The molecule has 0 aliphatic carbocycles. The number of carbonyl (C=O) groups is 1. The molecule has 4 nitrogen and oxygen atoms in total. The number of pyridine rings is 1. The molecule has 0 saturated heterocycles. The first kappa shape index (κ1) is 17.6. The first-order valence-corrected chi connectivity index (χ1v) is 7.14. The highest BCUT2D eigenvalue weighted by Crippen LogP contribution is 2.35. The number of aromatic amines is 1. The van der Waals surface area contributed by atoms with Gasteiger partial charge in [-0.25, -0.2) is 14.2 Å². The van der Waals surface area contributed by atoms with Gasteiger partial charge in [0.2, 0.25) is 11.2 Å². The van der Waals surface area contributed by atoms with Crippen molar-refractivity contribution in [3.05, 3.63) is 59.4 Å². The number of aromatic nitrogens is 1. The monoisotopic (exact) mass is 369 g/mol. The van der Waals surface area contributed by atoms with E-state index in [1.807, 2.05) is 0 Å². The van der Waals surface area contributed by atoms with Crippen molar-refractivity contribution in [2.24, 2.45) is 5.73 Å². The lowest BCUT2D eigenvalue weighted by molar-refractivity contribution is -0.348. The number of fused-ring (bicyclic) bond motifs is 3. The fourth-order valence-electron chi connectivity index (χ4n) is 2.74. The van der Waals surface area contributed by atoms with Crippen molar-refractivity contribution in [2.75, 3.05) is 0 Å². The summed E-state index contributed by atoms with van der Waals surface area (Å²) in [6.45, 7) is 0. The quantitative estimate of drug-likeness (QED) is 0.412. The van der Waals surface area contributed by atoms with E-state index in [-0.39, 0.29) is 27.4 Å². The summed E-state index contributed by atoms with van der Waals surface area (Å²) in [7, 11) is 0. The van der Waals surface area contributed by atoms with Crippen LogP contribution in [-0.2, 0) is 11.0 Å². The number of aliphatic carboxylic acids is 1. The number of nitrogens with one attached hydrogen (secondary N) is 1. The first-order valence-electron chi connectivity index (χ1n) is 7.14. The molecule has 0 spiro atoms. The van der Waals surface area contributed by atoms with E-state index in [9.17, 15) is 31.9 Å². The maximum absolute atomic E-state index is 14.2. The molecule has 2 aromatic carbocycles. The highest BCUT2D eigenvalue weighted by Gasteiger charge is 2.32. The predicted molar refractivity (Wildman–Crippen MR) is 82.7 cm³/mol. The molecule has 0 atom stereocenters. The van der Waals surface area contributed by atoms with Gasteiger partial charge in [-0.3, -0.25) is 0 Å². The zero-order valence-corrected chi connectivity index (χ0v) is 12.8. The molecule has 26 heavy (non-hydrogen) atoms. The van der Waals surface area contributed by atoms with Gasteiger partial charge in [-0.05, 0) is 24.3 Å². The summed E-state index contributed by atoms with van der Waals surface area (Å²) in [4.78, 5) is 13.9. The number of rotatable bonds is 2. The molecule has 0 aliphatic rings. The number of hydrogen-bond acceptors (Lipinski definition) is 2. The molecule has 0 amide bonds. The molecule has 3 rings (SSSR count). The Hall–Kier alpha value is -3.23. The summed E-state index contributed by atoms with van der Waals surface area (Å²) in [5.41, 5.74) is 3.26. The Labute approximate surface area is 142 Å². The van der Waals surface area contributed by atoms with Gasteiger partial charge >= 0.3 is 12.1 Å². The van der Waals surface area contributed by atoms with Gasteiger partial charge in [0.05, 0.1) is 16.3 Å². The number of carboxylic acid groups (broad SMARTS) is 1. The minimum atomic E-state index is -4.69. The third kappa shape index (κ3) is 2.81. The zero-order valence-electron chi connectivity index (χ0n) is 12.8. The fourth-order valence-corrected chi connectivity index (χ4v) is 2.74. The van der Waals surface area contributed by atoms with E-state index >= 15 is 0 Å². The Morgan fingerprint density at radius 2 is 1.77 bits per heavy atom. The Kier molecular flexibility index (Phi) is 4.02. The molecule has 0 saturated carbocycles. The van der Waals surface area contributed by atoms with Crippen molar-refractivity contribution in [3.63, 3.8) is 0 Å². The van der Waals surface area contributed by atoms with Crippen molar-refractivity contribution in [1.29, 1.82) is 0 Å². The molecule has 1 heterocycles. The lowest BCUT2D eigenvalue weighted by Crippen LogP contribution is -2.19. The summed E-state index contributed by atoms with van der Waals surface area (Å²) < 4.78 is 66.9. The molecule has 0 radical (unpaired) electrons. The summed E-state index contributed by atoms with van der Waals surface area (Å²) in [5, 5.41) is 8.95. The summed E-state index contributed by atoms with van der Waals surface area (Å²) in [6, 6.07) is 3.89. The summed E-state index contributed by atoms with van der Waals surface area (Å²) in [5.74, 6) is -3.53. The molecule has 0 bridgehead atoms. The highest BCUT2D eigenvalue weighted by molar-refractivity contribution is 6.19. The van der Waals surface area contributed by atoms with E-state index in [2.05, 4.69) is 4.98 Å². The van der Waals surface area contributed by atoms with Gasteiger partial charge in [-0.2, -0.15) is 17.6 Å². The van der Waals surface area contributed by atoms with Gasteiger partial charge < -0.3 is 10.8 Å². The fraction of sp³-hybridized carbons (Fsp3) is 0.0588. The number of hydrogen-bond donors (Lipinski definition) is 2. The van der Waals surface area contributed by atoms with Crippen LogP contribution in [-0.4, -0.2) is 11.1 Å². The summed E-state index contributed by atoms with van der Waals surface area (Å²) in [6.07, 6.45) is -3.95. The molecular formula is C17H10F5N2O2+. The molecule has 9 heteroatoms. The van der Waals surface area contributed by atoms with Crippen LogP contribution >= 0.6 is 0 Å². The van der Waals surface area contributed by atoms with E-state index in [1.165, 1.54) is 0 Å². The maximum Gasteiger partial charge on any atom is 0.416 e. The van der Waals surface area contributed by atoms with Crippen molar-refractivity contribution >= 4 is 33.2 Å². The van der Waals surface area contributed by atoms with Crippen LogP contribution in [0, 0.1) is 11.6 Å². The van der Waals surface area contributed by atoms with Crippen molar-refractivity contribution in [1.82, 2.24) is 0 Å². The standard InChI is InChI=1S/C17H9F5N2O2/c18-8-4-11-10-3-7(17(20,21)22)1-2-9(10)14(12(6-23)16(25)26)24-15(11)13(19)5-8/h1-6H,23H2,(H,25,26)/p+1. The first-order chi connectivity index (χ1) is 12.1. The minimum Gasteiger partial charge on any atom is -0.477 e. The molecule has 0 aliphatic heterocycles. The van der Waals surface area contributed by atoms with Crippen LogP contribution in [0.15, 0.2) is 36.5 Å². The van der Waals surface area contributed by atoms with Gasteiger partial charge in [-0.1, -0.05) is 0 Å². The molecule has 0 fully saturated rings. The second kappa shape index (κ2) is 5.94. The second-order valence-corrected chi connectivity index (χ2v) is 5.45. The molecule has 134 valence electrons. The van der Waals surface area contributed by atoms with Gasteiger partial charge in [0, 0.05) is 17.7 Å². The van der Waals surface area contributed by atoms with E-state index in [1.54, 1.807) is 0 Å². The van der Waals surface area contributed by atoms with Gasteiger partial charge in [-0.15, -0.1) is 0 Å². The predicted octanol–water partition coefficient (Wildman–Crippen LogP) is 3.49. The van der Waals surface area contributed by atoms with Crippen LogP contribution in [0.5, 0.6) is 0 Å². The van der Waals surface area contributed by atoms with Gasteiger partial charge in [0.15, 0.2) is 5.82 Å². The summed E-state index contributed by atoms with van der Waals surface area (Å²) >= 11 is 0. The topological polar surface area (TPSA) is 77.5 Å². The largest absolute Gasteiger partial charge is 0.477 e. The minimum absolute atomic E-state index is 0.0228. The third-order valence-corrected chi connectivity index (χ3v) is 3.88. The number of carboxylic acids is 1. The molecule has 4 N–H and O–H groups in total. The van der Waals surface area contributed by atoms with Crippen molar-refractivity contribution in [3.8, 4) is 0 Å². The zero-order chi connectivity index (χ0) is 19.2. The van der Waals surface area contributed by atoms with Gasteiger partial charge in [0.1, 0.15) is 11.4 Å². The van der Waals surface area contributed by atoms with E-state index < -0.39 is 34.9 Å². The van der Waals surface area contributed by atoms with E-state index in [4.69, 9.17) is 5.73 Å². The van der Waals surface area contributed by atoms with Crippen LogP contribution in [0.3, 0.4) is 0 Å². The highest BCUT2D eigenvalue weighted by atomic mass is 19.4. The Balaban J connectivity index is 2.55. The maximum atomic E-state index is 14.2. The number of nitrogens with two attached hydrogens (primary N) is 1. The molecule has 1 aromatic heterocycles. The smallest absolute Gasteiger partial charge is 0.416 e. The van der Waals surface area contributed by atoms with E-state index in [0.717, 1.165) is 24.4 Å². The second-order valence-electron chi connectivity index (χ2n) is 5.45. The van der Waals surface area contributed by atoms with Crippen LogP contribution in [0.1, 0.15) is 11.3 Å². The van der Waals surface area contributed by atoms with Gasteiger partial charge in [0.25, 0.3) is 0 Å². The van der Waals surface area contributed by atoms with Crippen LogP contribution in [0.4, 0.5) is 22.0 Å². The average molecular weight is 369 g/mol. The lowest BCUT2D eigenvalue weighted by atomic mass is 9.98. The van der Waals surface area contributed by atoms with Crippen LogP contribution < -0.4 is 10.7 Å². The Morgan fingerprint density at radius 3 is 2.35 bits per heavy atom. The SMILES string of the molecule is NC=C(C(=O)O)c1[nH+]c2c(F)cc(F)cc2c2cc(C(F)(F)F)ccc12. The Morgan fingerprint density at radius 1 is 1.08 bits per heavy atom. The average Bonchev–Trinajstić information content (AvgIpc) is 2.54. The lowest BCUT2D eigenvalue weighted by Gasteiger charge is -2.10. The molecular weight excluding hydrogens is 359 g/mol.